The summed E-state index contributed by atoms with van der Waals surface area (Å²) in [6.07, 6.45) is 1.14. The third-order valence-electron chi connectivity index (χ3n) is 5.57. The number of rotatable bonds is 7. The summed E-state index contributed by atoms with van der Waals surface area (Å²) in [7, 11) is 2.00. The number of likely N-dealkylation sites (N-methyl/N-ethyl adjacent to an activating group) is 1. The number of nitrogens with one attached hydrogen (secondary N) is 2. The van der Waals surface area contributed by atoms with Crippen LogP contribution in [0.2, 0.25) is 0 Å². The summed E-state index contributed by atoms with van der Waals surface area (Å²) in [6, 6.07) is 19.5. The normalized spacial score (nSPS) is 15.6. The molecule has 0 spiro atoms. The van der Waals surface area contributed by atoms with Gasteiger partial charge in [0.05, 0.1) is 17.0 Å². The molecule has 2 aromatic carbocycles. The summed E-state index contributed by atoms with van der Waals surface area (Å²) in [4.78, 5) is 28.6. The fraction of sp³-hybridized carbons (Fsp3) is 0.280. The number of ether oxygens (including phenoxy) is 1. The van der Waals surface area contributed by atoms with Gasteiger partial charge in [-0.15, -0.1) is 11.3 Å². The van der Waals surface area contributed by atoms with Crippen LogP contribution in [0.3, 0.4) is 0 Å². The van der Waals surface area contributed by atoms with E-state index in [0.29, 0.717) is 23.1 Å². The molecule has 0 saturated carbocycles. The number of hydrogen-bond acceptors (Lipinski definition) is 6. The highest BCUT2D eigenvalue weighted by Gasteiger charge is 2.21. The molecule has 1 fully saturated rings. The van der Waals surface area contributed by atoms with E-state index in [1.165, 1.54) is 17.0 Å². The number of hydrogen-bond donors (Lipinski definition) is 2. The number of amides is 1. The molecule has 1 atom stereocenters. The van der Waals surface area contributed by atoms with Crippen molar-refractivity contribution < 1.29 is 14.3 Å². The molecule has 1 amide bonds. The quantitative estimate of drug-likeness (QED) is 0.514. The van der Waals surface area contributed by atoms with E-state index >= 15 is 0 Å². The van der Waals surface area contributed by atoms with E-state index in [9.17, 15) is 9.59 Å². The third-order valence-corrected chi connectivity index (χ3v) is 6.71. The fourth-order valence-electron chi connectivity index (χ4n) is 3.81. The van der Waals surface area contributed by atoms with Gasteiger partial charge in [-0.1, -0.05) is 12.1 Å². The summed E-state index contributed by atoms with van der Waals surface area (Å²) >= 11 is 1.39. The first-order valence-corrected chi connectivity index (χ1v) is 11.6. The highest BCUT2D eigenvalue weighted by Crippen LogP contribution is 2.30. The average molecular weight is 450 g/mol. The lowest BCUT2D eigenvalue weighted by molar-refractivity contribution is 0.0526. The molecule has 1 unspecified atom stereocenters. The monoisotopic (exact) mass is 449 g/mol. The van der Waals surface area contributed by atoms with Gasteiger partial charge in [-0.05, 0) is 74.5 Å². The molecule has 6 nitrogen and oxygen atoms in total. The van der Waals surface area contributed by atoms with E-state index in [1.54, 1.807) is 19.1 Å². The summed E-state index contributed by atoms with van der Waals surface area (Å²) in [5.41, 5.74) is 3.32. The number of thiophene rings is 1. The molecule has 0 radical (unpaired) electrons. The maximum absolute atomic E-state index is 12.7. The molecule has 7 heteroatoms. The minimum atomic E-state index is -0.345. The van der Waals surface area contributed by atoms with Crippen molar-refractivity contribution in [3.63, 3.8) is 0 Å². The van der Waals surface area contributed by atoms with Crippen molar-refractivity contribution >= 4 is 34.6 Å². The molecule has 166 valence electrons. The van der Waals surface area contributed by atoms with Crippen LogP contribution < -0.4 is 15.5 Å². The Bertz CT molecular complexity index is 1090. The minimum Gasteiger partial charge on any atom is -0.462 e. The second-order valence-corrected chi connectivity index (χ2v) is 8.77. The molecule has 2 heterocycles. The van der Waals surface area contributed by atoms with Gasteiger partial charge in [0.15, 0.2) is 0 Å². The topological polar surface area (TPSA) is 70.7 Å². The second kappa shape index (κ2) is 9.97. The van der Waals surface area contributed by atoms with Gasteiger partial charge < -0.3 is 20.3 Å². The lowest BCUT2D eigenvalue weighted by Gasteiger charge is -2.19. The Hall–Kier alpha value is -3.16. The second-order valence-electron chi connectivity index (χ2n) is 7.69. The largest absolute Gasteiger partial charge is 0.462 e. The van der Waals surface area contributed by atoms with Crippen LogP contribution in [0.1, 0.15) is 33.4 Å². The van der Waals surface area contributed by atoms with Crippen molar-refractivity contribution in [2.75, 3.05) is 37.0 Å². The van der Waals surface area contributed by atoms with E-state index in [4.69, 9.17) is 4.74 Å². The van der Waals surface area contributed by atoms with E-state index in [2.05, 4.69) is 15.5 Å². The number of nitrogens with zero attached hydrogens (tertiary/aromatic N) is 1. The van der Waals surface area contributed by atoms with Gasteiger partial charge >= 0.3 is 5.97 Å². The van der Waals surface area contributed by atoms with Crippen molar-refractivity contribution in [3.8, 4) is 10.4 Å². The third kappa shape index (κ3) is 5.00. The zero-order valence-corrected chi connectivity index (χ0v) is 19.1. The van der Waals surface area contributed by atoms with Crippen LogP contribution in [0.4, 0.5) is 11.4 Å². The van der Waals surface area contributed by atoms with Crippen molar-refractivity contribution in [3.05, 3.63) is 71.1 Å². The molecular weight excluding hydrogens is 422 g/mol. The van der Waals surface area contributed by atoms with Gasteiger partial charge in [-0.3, -0.25) is 4.79 Å². The standard InChI is InChI=1S/C25H27N3O3S/c1-3-31-25(30)18-6-4-5-17(15-18)22-11-12-23(32-22)24(29)27-19-7-9-21(10-8-19)28-14-13-20(16-28)26-2/h4-12,15,20,26H,3,13-14,16H2,1-2H3,(H,27,29). The molecule has 1 saturated heterocycles. The summed E-state index contributed by atoms with van der Waals surface area (Å²) < 4.78 is 5.07. The Labute approximate surface area is 192 Å². The van der Waals surface area contributed by atoms with Gasteiger partial charge in [-0.2, -0.15) is 0 Å². The zero-order valence-electron chi connectivity index (χ0n) is 18.3. The molecule has 32 heavy (non-hydrogen) atoms. The van der Waals surface area contributed by atoms with Gasteiger partial charge in [0, 0.05) is 35.4 Å². The summed E-state index contributed by atoms with van der Waals surface area (Å²) in [5.74, 6) is -0.491. The van der Waals surface area contributed by atoms with Crippen LogP contribution in [-0.4, -0.2) is 44.7 Å². The van der Waals surface area contributed by atoms with E-state index < -0.39 is 0 Å². The first-order chi connectivity index (χ1) is 15.6. The maximum Gasteiger partial charge on any atom is 0.338 e. The number of carbonyl (C=O) groups is 2. The Morgan fingerprint density at radius 1 is 1.12 bits per heavy atom. The Morgan fingerprint density at radius 3 is 2.66 bits per heavy atom. The number of carbonyl (C=O) groups excluding carboxylic acids is 2. The number of anilines is 2. The lowest BCUT2D eigenvalue weighted by atomic mass is 10.1. The van der Waals surface area contributed by atoms with Crippen LogP contribution in [0.25, 0.3) is 10.4 Å². The summed E-state index contributed by atoms with van der Waals surface area (Å²) in [6.45, 7) is 4.15. The van der Waals surface area contributed by atoms with Crippen molar-refractivity contribution in [1.29, 1.82) is 0 Å². The Balaban J connectivity index is 1.41. The molecule has 2 N–H and O–H groups in total. The predicted octanol–water partition coefficient (Wildman–Crippen LogP) is 4.64. The van der Waals surface area contributed by atoms with Crippen molar-refractivity contribution in [2.45, 2.75) is 19.4 Å². The predicted molar refractivity (Wildman–Crippen MR) is 130 cm³/mol. The van der Waals surface area contributed by atoms with Gasteiger partial charge in [0.2, 0.25) is 0 Å². The summed E-state index contributed by atoms with van der Waals surface area (Å²) in [5, 5.41) is 6.30. The highest BCUT2D eigenvalue weighted by molar-refractivity contribution is 7.17. The first-order valence-electron chi connectivity index (χ1n) is 10.8. The molecule has 1 aromatic heterocycles. The molecule has 0 bridgehead atoms. The van der Waals surface area contributed by atoms with Gasteiger partial charge in [-0.25, -0.2) is 4.79 Å². The Morgan fingerprint density at radius 2 is 1.94 bits per heavy atom. The SMILES string of the molecule is CCOC(=O)c1cccc(-c2ccc(C(=O)Nc3ccc(N4CCC(NC)C4)cc3)s2)c1. The first kappa shape index (κ1) is 22.0. The average Bonchev–Trinajstić information content (AvgIpc) is 3.50. The molecule has 3 aromatic rings. The number of benzene rings is 2. The Kier molecular flexibility index (Phi) is 6.87. The van der Waals surface area contributed by atoms with Crippen molar-refractivity contribution in [1.82, 2.24) is 5.32 Å². The molecule has 0 aliphatic carbocycles. The van der Waals surface area contributed by atoms with E-state index in [1.807, 2.05) is 55.6 Å². The van der Waals surface area contributed by atoms with Crippen LogP contribution in [0.15, 0.2) is 60.7 Å². The van der Waals surface area contributed by atoms with Crippen molar-refractivity contribution in [2.24, 2.45) is 0 Å². The highest BCUT2D eigenvalue weighted by atomic mass is 32.1. The minimum absolute atomic E-state index is 0.146. The molecular formula is C25H27N3O3S. The zero-order chi connectivity index (χ0) is 22.5. The molecule has 1 aliphatic heterocycles. The van der Waals surface area contributed by atoms with E-state index in [-0.39, 0.29) is 11.9 Å². The molecule has 4 rings (SSSR count). The van der Waals surface area contributed by atoms with E-state index in [0.717, 1.165) is 35.6 Å². The fourth-order valence-corrected chi connectivity index (χ4v) is 4.71. The van der Waals surface area contributed by atoms with Crippen LogP contribution in [0, 0.1) is 0 Å². The molecule has 1 aliphatic rings. The van der Waals surface area contributed by atoms with Gasteiger partial charge in [0.25, 0.3) is 5.91 Å². The van der Waals surface area contributed by atoms with Gasteiger partial charge in [0.1, 0.15) is 0 Å². The smallest absolute Gasteiger partial charge is 0.338 e. The van der Waals surface area contributed by atoms with Crippen LogP contribution >= 0.6 is 11.3 Å². The van der Waals surface area contributed by atoms with Crippen LogP contribution in [-0.2, 0) is 4.74 Å². The number of esters is 1. The maximum atomic E-state index is 12.7. The lowest BCUT2D eigenvalue weighted by Crippen LogP contribution is -2.29. The van der Waals surface area contributed by atoms with Crippen LogP contribution in [0.5, 0.6) is 0 Å².